The van der Waals surface area contributed by atoms with Crippen molar-refractivity contribution in [3.05, 3.63) is 164 Å². The van der Waals surface area contributed by atoms with Crippen molar-refractivity contribution in [3.8, 4) is 28.3 Å². The van der Waals surface area contributed by atoms with E-state index < -0.39 is 0 Å². The molecule has 0 fully saturated rings. The Morgan fingerprint density at radius 3 is 1.98 bits per heavy atom. The highest BCUT2D eigenvalue weighted by Crippen LogP contribution is 2.40. The summed E-state index contributed by atoms with van der Waals surface area (Å²) in [6, 6.07) is 57.9. The molecule has 50 heavy (non-hydrogen) atoms. The molecule has 232 valence electrons. The van der Waals surface area contributed by atoms with Gasteiger partial charge in [-0.2, -0.15) is 0 Å². The zero-order chi connectivity index (χ0) is 32.8. The van der Waals surface area contributed by atoms with Crippen molar-refractivity contribution < 1.29 is 4.42 Å². The first-order chi connectivity index (χ1) is 24.8. The molecule has 4 heteroatoms. The Labute approximate surface area is 286 Å². The lowest BCUT2D eigenvalue weighted by Crippen LogP contribution is -2.03. The second kappa shape index (κ2) is 10.4. The maximum Gasteiger partial charge on any atom is 0.235 e. The summed E-state index contributed by atoms with van der Waals surface area (Å²) in [7, 11) is 0. The molecule has 11 aromatic rings. The van der Waals surface area contributed by atoms with E-state index in [2.05, 4.69) is 150 Å². The van der Waals surface area contributed by atoms with E-state index in [0.717, 1.165) is 66.3 Å². The number of fused-ring (bicyclic) bond motifs is 10. The summed E-state index contributed by atoms with van der Waals surface area (Å²) >= 11 is 0. The van der Waals surface area contributed by atoms with Crippen LogP contribution in [0.15, 0.2) is 168 Å². The van der Waals surface area contributed by atoms with Crippen molar-refractivity contribution >= 4 is 76.2 Å². The van der Waals surface area contributed by atoms with Crippen LogP contribution in [-0.4, -0.2) is 14.5 Å². The summed E-state index contributed by atoms with van der Waals surface area (Å²) in [5.74, 6) is 0.658. The van der Waals surface area contributed by atoms with Crippen LogP contribution in [0.25, 0.3) is 105 Å². The highest BCUT2D eigenvalue weighted by molar-refractivity contribution is 6.22. The Hall–Kier alpha value is -6.78. The predicted octanol–water partition coefficient (Wildman–Crippen LogP) is 12.3. The minimum Gasteiger partial charge on any atom is -0.456 e. The number of aromatic nitrogens is 3. The predicted molar refractivity (Wildman–Crippen MR) is 207 cm³/mol. The number of benzene rings is 8. The second-order valence-electron chi connectivity index (χ2n) is 13.0. The number of hydrogen-bond donors (Lipinski definition) is 0. The standard InChI is InChI=1S/C46H27N3O/c1-2-10-30-25-33(20-17-28(30)9-1)45-35-12-3-6-14-39(35)47-46(48-45)49-40-15-7-4-13-36(40)44-37-26-31(19-18-29(37)21-23-41(44)49)32-22-24-43-38(27-32)34-11-5-8-16-42(34)50-43/h1-27H. The molecule has 3 aromatic heterocycles. The quantitative estimate of drug-likeness (QED) is 0.194. The van der Waals surface area contributed by atoms with Gasteiger partial charge in [-0.1, -0.05) is 115 Å². The molecule has 4 nitrogen and oxygen atoms in total. The van der Waals surface area contributed by atoms with Crippen molar-refractivity contribution in [2.24, 2.45) is 0 Å². The fraction of sp³-hybridized carbons (Fsp3) is 0. The van der Waals surface area contributed by atoms with Crippen molar-refractivity contribution in [1.29, 1.82) is 0 Å². The van der Waals surface area contributed by atoms with Crippen LogP contribution in [0.1, 0.15) is 0 Å². The molecule has 0 aliphatic carbocycles. The topological polar surface area (TPSA) is 43.9 Å². The Kier molecular flexibility index (Phi) is 5.63. The highest BCUT2D eigenvalue weighted by Gasteiger charge is 2.19. The zero-order valence-corrected chi connectivity index (χ0v) is 26.8. The van der Waals surface area contributed by atoms with Gasteiger partial charge in [-0.3, -0.25) is 4.57 Å². The van der Waals surface area contributed by atoms with Gasteiger partial charge in [0.05, 0.1) is 22.2 Å². The molecular formula is C46H27N3O. The van der Waals surface area contributed by atoms with E-state index in [1.807, 2.05) is 18.2 Å². The Bertz CT molecular complexity index is 3170. The van der Waals surface area contributed by atoms with Crippen LogP contribution in [0.2, 0.25) is 0 Å². The van der Waals surface area contributed by atoms with E-state index in [-0.39, 0.29) is 0 Å². The zero-order valence-electron chi connectivity index (χ0n) is 26.8. The smallest absolute Gasteiger partial charge is 0.235 e. The molecule has 8 aromatic carbocycles. The lowest BCUT2D eigenvalue weighted by molar-refractivity contribution is 0.669. The molecule has 0 N–H and O–H groups in total. The van der Waals surface area contributed by atoms with Crippen molar-refractivity contribution in [2.45, 2.75) is 0 Å². The van der Waals surface area contributed by atoms with Gasteiger partial charge in [0.15, 0.2) is 0 Å². The Balaban J connectivity index is 1.16. The number of nitrogens with zero attached hydrogens (tertiary/aromatic N) is 3. The molecule has 0 aliphatic rings. The molecule has 0 amide bonds. The maximum absolute atomic E-state index is 6.13. The molecule has 0 aliphatic heterocycles. The van der Waals surface area contributed by atoms with Crippen molar-refractivity contribution in [3.63, 3.8) is 0 Å². The molecule has 0 saturated carbocycles. The van der Waals surface area contributed by atoms with Gasteiger partial charge in [0, 0.05) is 32.5 Å². The van der Waals surface area contributed by atoms with Crippen molar-refractivity contribution in [1.82, 2.24) is 14.5 Å². The molecule has 0 radical (unpaired) electrons. The first kappa shape index (κ1) is 27.2. The molecule has 3 heterocycles. The molecule has 0 unspecified atom stereocenters. The summed E-state index contributed by atoms with van der Waals surface area (Å²) in [5.41, 5.74) is 9.19. The number of rotatable bonds is 3. The molecule has 0 saturated heterocycles. The summed E-state index contributed by atoms with van der Waals surface area (Å²) in [4.78, 5) is 10.6. The average molecular weight is 638 g/mol. The van der Waals surface area contributed by atoms with Crippen LogP contribution < -0.4 is 0 Å². The summed E-state index contributed by atoms with van der Waals surface area (Å²) in [6.07, 6.45) is 0. The number of furan rings is 1. The van der Waals surface area contributed by atoms with Crippen LogP contribution in [0.4, 0.5) is 0 Å². The van der Waals surface area contributed by atoms with E-state index in [9.17, 15) is 0 Å². The van der Waals surface area contributed by atoms with Crippen LogP contribution >= 0.6 is 0 Å². The van der Waals surface area contributed by atoms with E-state index in [4.69, 9.17) is 14.4 Å². The number of para-hydroxylation sites is 3. The third-order valence-corrected chi connectivity index (χ3v) is 10.2. The largest absolute Gasteiger partial charge is 0.456 e. The monoisotopic (exact) mass is 637 g/mol. The van der Waals surface area contributed by atoms with E-state index >= 15 is 0 Å². The Morgan fingerprint density at radius 1 is 0.400 bits per heavy atom. The summed E-state index contributed by atoms with van der Waals surface area (Å²) < 4.78 is 8.37. The van der Waals surface area contributed by atoms with E-state index in [1.165, 1.54) is 32.3 Å². The van der Waals surface area contributed by atoms with E-state index in [0.29, 0.717) is 5.95 Å². The summed E-state index contributed by atoms with van der Waals surface area (Å²) in [5, 5.41) is 10.4. The SMILES string of the molecule is c1ccc2cc(-c3nc(-n4c5ccccc5c5c6cc(-c7ccc8oc9ccccc9c8c7)ccc6ccc54)nc4ccccc34)ccc2c1. The fourth-order valence-electron chi connectivity index (χ4n) is 7.81. The van der Waals surface area contributed by atoms with Gasteiger partial charge in [-0.15, -0.1) is 0 Å². The minimum atomic E-state index is 0.658. The van der Waals surface area contributed by atoms with Gasteiger partial charge in [0.1, 0.15) is 11.2 Å². The van der Waals surface area contributed by atoms with Crippen LogP contribution in [-0.2, 0) is 0 Å². The third-order valence-electron chi connectivity index (χ3n) is 10.2. The number of hydrogen-bond acceptors (Lipinski definition) is 3. The van der Waals surface area contributed by atoms with Gasteiger partial charge in [-0.25, -0.2) is 9.97 Å². The van der Waals surface area contributed by atoms with Crippen LogP contribution in [0, 0.1) is 0 Å². The first-order valence-electron chi connectivity index (χ1n) is 16.9. The molecule has 0 spiro atoms. The lowest BCUT2D eigenvalue weighted by Gasteiger charge is -2.12. The first-order valence-corrected chi connectivity index (χ1v) is 16.9. The fourth-order valence-corrected chi connectivity index (χ4v) is 7.81. The molecule has 0 atom stereocenters. The molecular weight excluding hydrogens is 611 g/mol. The molecule has 0 bridgehead atoms. The average Bonchev–Trinajstić information content (AvgIpc) is 3.73. The highest BCUT2D eigenvalue weighted by atomic mass is 16.3. The third kappa shape index (κ3) is 3.99. The normalized spacial score (nSPS) is 12.0. The molecule has 11 rings (SSSR count). The van der Waals surface area contributed by atoms with Gasteiger partial charge in [-0.05, 0) is 81.2 Å². The summed E-state index contributed by atoms with van der Waals surface area (Å²) in [6.45, 7) is 0. The maximum atomic E-state index is 6.13. The Morgan fingerprint density at radius 2 is 1.06 bits per heavy atom. The van der Waals surface area contributed by atoms with E-state index in [1.54, 1.807) is 0 Å². The van der Waals surface area contributed by atoms with Gasteiger partial charge in [0.25, 0.3) is 0 Å². The van der Waals surface area contributed by atoms with Gasteiger partial charge in [0.2, 0.25) is 5.95 Å². The van der Waals surface area contributed by atoms with Crippen LogP contribution in [0.3, 0.4) is 0 Å². The van der Waals surface area contributed by atoms with Crippen molar-refractivity contribution in [2.75, 3.05) is 0 Å². The van der Waals surface area contributed by atoms with Gasteiger partial charge >= 0.3 is 0 Å². The minimum absolute atomic E-state index is 0.658. The van der Waals surface area contributed by atoms with Gasteiger partial charge < -0.3 is 4.42 Å². The lowest BCUT2D eigenvalue weighted by atomic mass is 9.97. The second-order valence-corrected chi connectivity index (χ2v) is 13.0. The van der Waals surface area contributed by atoms with Crippen LogP contribution in [0.5, 0.6) is 0 Å².